The Morgan fingerprint density at radius 2 is 1.54 bits per heavy atom. The molecule has 4 nitrogen and oxygen atoms in total. The second-order valence-electron chi connectivity index (χ2n) is 8.55. The molecule has 3 aliphatic rings. The van der Waals surface area contributed by atoms with Crippen LogP contribution in [0.5, 0.6) is 0 Å². The Kier molecular flexibility index (Phi) is 4.99. The molecule has 1 aliphatic heterocycles. The summed E-state index contributed by atoms with van der Waals surface area (Å²) in [4.78, 5) is 13.1. The van der Waals surface area contributed by atoms with E-state index in [2.05, 4.69) is 11.5 Å². The van der Waals surface area contributed by atoms with Crippen molar-refractivity contribution in [2.75, 3.05) is 14.2 Å². The van der Waals surface area contributed by atoms with Gasteiger partial charge in [0.1, 0.15) is 7.05 Å². The van der Waals surface area contributed by atoms with E-state index in [1.165, 1.54) is 71.3 Å². The number of esters is 1. The zero-order chi connectivity index (χ0) is 17.4. The first-order chi connectivity index (χ1) is 11.5. The van der Waals surface area contributed by atoms with Gasteiger partial charge < -0.3 is 9.39 Å². The molecule has 0 aromatic carbocycles. The Morgan fingerprint density at radius 1 is 1.08 bits per heavy atom. The molecule has 0 N–H and O–H groups in total. The lowest BCUT2D eigenvalue weighted by Gasteiger charge is -2.54. The second-order valence-corrected chi connectivity index (χ2v) is 8.55. The maximum absolute atomic E-state index is 13.1. The highest BCUT2D eigenvalue weighted by Gasteiger charge is 2.68. The number of nitrogens with zero attached hydrogens (tertiary/aromatic N) is 1. The summed E-state index contributed by atoms with van der Waals surface area (Å²) >= 11 is 0. The third-order valence-corrected chi connectivity index (χ3v) is 7.71. The van der Waals surface area contributed by atoms with Crippen LogP contribution in [-0.4, -0.2) is 42.4 Å². The molecule has 1 heterocycles. The molecule has 136 valence electrons. The molecule has 2 saturated carbocycles. The maximum Gasteiger partial charge on any atom is 0.341 e. The number of likely N-dealkylation sites (N-methyl/N-ethyl adjacent to an activating group) is 1. The first-order valence-electron chi connectivity index (χ1n) is 9.99. The van der Waals surface area contributed by atoms with Crippen molar-refractivity contribution >= 4 is 18.2 Å². The Morgan fingerprint density at radius 3 is 1.96 bits per heavy atom. The van der Waals surface area contributed by atoms with Crippen LogP contribution in [0.4, 0.5) is 0 Å². The van der Waals surface area contributed by atoms with Crippen molar-refractivity contribution in [3.63, 3.8) is 0 Å². The van der Waals surface area contributed by atoms with E-state index in [0.29, 0.717) is 11.6 Å². The van der Waals surface area contributed by atoms with E-state index in [9.17, 15) is 4.79 Å². The molecule has 1 atom stereocenters. The first-order valence-corrected chi connectivity index (χ1v) is 9.99. The number of carbonyl (C=O) groups excluding carboxylic acids is 1. The summed E-state index contributed by atoms with van der Waals surface area (Å²) in [6.45, 7) is 4.12. The van der Waals surface area contributed by atoms with Gasteiger partial charge >= 0.3 is 5.97 Å². The van der Waals surface area contributed by atoms with Crippen molar-refractivity contribution in [3.8, 4) is 0 Å². The summed E-state index contributed by atoms with van der Waals surface area (Å²) in [7, 11) is 3.54. The number of hydrogen-bond acceptors (Lipinski definition) is 3. The number of hydrogen-bond donors (Lipinski definition) is 0. The fraction of sp³-hybridized carbons (Fsp3) is 0.895. The van der Waals surface area contributed by atoms with Crippen molar-refractivity contribution < 1.29 is 18.8 Å². The number of ether oxygens (including phenoxy) is 1. The summed E-state index contributed by atoms with van der Waals surface area (Å²) in [5, 5.41) is 0. The average Bonchev–Trinajstić information content (AvgIpc) is 2.85. The Balaban J connectivity index is 2.10. The predicted octanol–water partition coefficient (Wildman–Crippen LogP) is 4.16. The molecule has 24 heavy (non-hydrogen) atoms. The van der Waals surface area contributed by atoms with Gasteiger partial charge in [0.15, 0.2) is 5.44 Å². The fourth-order valence-corrected chi connectivity index (χ4v) is 6.39. The number of methoxy groups -OCH3 is 1. The molecule has 2 aliphatic carbocycles. The van der Waals surface area contributed by atoms with Crippen LogP contribution in [0.25, 0.3) is 0 Å². The molecule has 5 heteroatoms. The third kappa shape index (κ3) is 2.41. The van der Waals surface area contributed by atoms with E-state index in [1.54, 1.807) is 0 Å². The highest BCUT2D eigenvalue weighted by atomic mass is 16.5. The molecular formula is C19H34BNO3. The predicted molar refractivity (Wildman–Crippen MR) is 97.8 cm³/mol. The Labute approximate surface area is 146 Å². The van der Waals surface area contributed by atoms with Gasteiger partial charge in [-0.15, -0.1) is 11.6 Å². The lowest BCUT2D eigenvalue weighted by atomic mass is 9.15. The molecule has 2 fully saturated rings. The van der Waals surface area contributed by atoms with Gasteiger partial charge in [-0.05, 0) is 6.92 Å². The number of carbonyl (C=O) groups is 1. The standard InChI is InChI=1S/C19H34BNO3/c1-15-21(3)19(2,18(22)23-4)20(24-15,16-11-7-5-8-12-16)17-13-9-6-10-14-17/h16-17H,5-14H2,1-4H3/t19-/m1/s1. The van der Waals surface area contributed by atoms with Gasteiger partial charge in [0.25, 0.3) is 12.2 Å². The van der Waals surface area contributed by atoms with Crippen LogP contribution in [0.15, 0.2) is 0 Å². The Bertz CT molecular complexity index is 503. The number of rotatable bonds is 3. The largest absolute Gasteiger partial charge is 0.663 e. The fourth-order valence-electron chi connectivity index (χ4n) is 6.39. The maximum atomic E-state index is 13.1. The normalized spacial score (nSPS) is 31.8. The van der Waals surface area contributed by atoms with Crippen molar-refractivity contribution in [1.29, 1.82) is 0 Å². The van der Waals surface area contributed by atoms with Crippen LogP contribution < -0.4 is 0 Å². The first kappa shape index (κ1) is 17.8. The van der Waals surface area contributed by atoms with Gasteiger partial charge in [-0.3, -0.25) is 0 Å². The average molecular weight is 335 g/mol. The van der Waals surface area contributed by atoms with Gasteiger partial charge in [-0.1, -0.05) is 64.2 Å². The zero-order valence-corrected chi connectivity index (χ0v) is 16.0. The van der Waals surface area contributed by atoms with Gasteiger partial charge in [-0.2, -0.15) is 0 Å². The van der Waals surface area contributed by atoms with Crippen LogP contribution in [0.2, 0.25) is 11.6 Å². The van der Waals surface area contributed by atoms with Crippen LogP contribution in [0.1, 0.15) is 78.1 Å². The van der Waals surface area contributed by atoms with E-state index in [0.717, 1.165) is 5.90 Å². The lowest BCUT2D eigenvalue weighted by Crippen LogP contribution is -2.69. The van der Waals surface area contributed by atoms with E-state index >= 15 is 0 Å². The van der Waals surface area contributed by atoms with Crippen LogP contribution >= 0.6 is 0 Å². The molecule has 3 rings (SSSR count). The highest BCUT2D eigenvalue weighted by molar-refractivity contribution is 6.84. The van der Waals surface area contributed by atoms with Gasteiger partial charge in [-0.25, -0.2) is 9.37 Å². The highest BCUT2D eigenvalue weighted by Crippen LogP contribution is 2.56. The minimum Gasteiger partial charge on any atom is -0.663 e. The molecule has 0 aromatic rings. The quantitative estimate of drug-likeness (QED) is 0.441. The van der Waals surface area contributed by atoms with Crippen molar-refractivity contribution in [3.05, 3.63) is 0 Å². The minimum atomic E-state index is -1.31. The molecule has 0 spiro atoms. The molecule has 0 amide bonds. The molecule has 0 saturated heterocycles. The minimum absolute atomic E-state index is 0.113. The van der Waals surface area contributed by atoms with Gasteiger partial charge in [0.05, 0.1) is 14.0 Å². The van der Waals surface area contributed by atoms with E-state index < -0.39 is 11.8 Å². The van der Waals surface area contributed by atoms with Crippen molar-refractivity contribution in [2.45, 2.75) is 95.1 Å². The monoisotopic (exact) mass is 335 g/mol. The zero-order valence-electron chi connectivity index (χ0n) is 16.0. The summed E-state index contributed by atoms with van der Waals surface area (Å²) in [5.74, 6) is 1.80. The summed E-state index contributed by atoms with van der Waals surface area (Å²) < 4.78 is 14.2. The Hall–Kier alpha value is -0.995. The molecule has 0 radical (unpaired) electrons. The molecular weight excluding hydrogens is 301 g/mol. The van der Waals surface area contributed by atoms with Crippen molar-refractivity contribution in [1.82, 2.24) is 0 Å². The van der Waals surface area contributed by atoms with Crippen LogP contribution in [0.3, 0.4) is 0 Å². The summed E-state index contributed by atoms with van der Waals surface area (Å²) in [6, 6.07) is 0. The van der Waals surface area contributed by atoms with Crippen LogP contribution in [-0.2, 0) is 14.2 Å². The van der Waals surface area contributed by atoms with Crippen LogP contribution in [0, 0.1) is 0 Å². The van der Waals surface area contributed by atoms with E-state index in [1.807, 2.05) is 14.0 Å². The van der Waals surface area contributed by atoms with Gasteiger partial charge in [0.2, 0.25) is 0 Å². The topological polar surface area (TPSA) is 38.5 Å². The SMILES string of the molecule is COC(=O)[C@@]1(C)[N+](C)=C(C)O[B-]1(C1CCCCC1)C1CCCCC1. The van der Waals surface area contributed by atoms with Crippen molar-refractivity contribution in [2.24, 2.45) is 0 Å². The van der Waals surface area contributed by atoms with E-state index in [-0.39, 0.29) is 5.97 Å². The second kappa shape index (κ2) is 6.72. The summed E-state index contributed by atoms with van der Waals surface area (Å²) in [6.07, 6.45) is 11.2. The molecule has 0 aromatic heterocycles. The molecule has 0 bridgehead atoms. The third-order valence-electron chi connectivity index (χ3n) is 7.71. The smallest absolute Gasteiger partial charge is 0.341 e. The summed E-state index contributed by atoms with van der Waals surface area (Å²) in [5.41, 5.74) is -0.664. The lowest BCUT2D eigenvalue weighted by molar-refractivity contribution is -0.541. The van der Waals surface area contributed by atoms with E-state index in [4.69, 9.17) is 9.39 Å². The molecule has 0 unspecified atom stereocenters. The van der Waals surface area contributed by atoms with Gasteiger partial charge in [0, 0.05) is 0 Å².